The van der Waals surface area contributed by atoms with Crippen LogP contribution in [0.5, 0.6) is 0 Å². The van der Waals surface area contributed by atoms with Crippen LogP contribution in [-0.4, -0.2) is 56.7 Å². The van der Waals surface area contributed by atoms with Crippen LogP contribution in [0.4, 0.5) is 0 Å². The molecular formula is C20H27N5O. The summed E-state index contributed by atoms with van der Waals surface area (Å²) in [5, 5.41) is 4.26. The molecule has 2 aliphatic rings. The van der Waals surface area contributed by atoms with Crippen LogP contribution < -0.4 is 0 Å². The topological polar surface area (TPSA) is 54.3 Å². The van der Waals surface area contributed by atoms with Crippen LogP contribution in [0.25, 0.3) is 0 Å². The van der Waals surface area contributed by atoms with Gasteiger partial charge in [-0.25, -0.2) is 0 Å². The Morgan fingerprint density at radius 3 is 2.46 bits per heavy atom. The Morgan fingerprint density at radius 2 is 1.85 bits per heavy atom. The summed E-state index contributed by atoms with van der Waals surface area (Å²) in [4.78, 5) is 21.2. The average Bonchev–Trinajstić information content (AvgIpc) is 3.09. The lowest BCUT2D eigenvalue weighted by Gasteiger charge is -2.46. The van der Waals surface area contributed by atoms with Crippen LogP contribution in [0, 0.1) is 5.41 Å². The van der Waals surface area contributed by atoms with Crippen LogP contribution in [-0.2, 0) is 13.6 Å². The number of carbonyl (C=O) groups is 1. The molecule has 0 radical (unpaired) electrons. The van der Waals surface area contributed by atoms with Gasteiger partial charge in [0.15, 0.2) is 0 Å². The highest BCUT2D eigenvalue weighted by Gasteiger charge is 2.38. The summed E-state index contributed by atoms with van der Waals surface area (Å²) in [7, 11) is 1.97. The first kappa shape index (κ1) is 17.2. The zero-order valence-electron chi connectivity index (χ0n) is 15.5. The fourth-order valence-electron chi connectivity index (χ4n) is 4.35. The van der Waals surface area contributed by atoms with E-state index in [2.05, 4.69) is 21.2 Å². The van der Waals surface area contributed by atoms with Crippen LogP contribution in [0.15, 0.2) is 36.9 Å². The maximum atomic E-state index is 12.6. The summed E-state index contributed by atoms with van der Waals surface area (Å²) in [6.45, 7) is 5.03. The van der Waals surface area contributed by atoms with E-state index in [0.717, 1.165) is 45.6 Å². The van der Waals surface area contributed by atoms with Gasteiger partial charge in [-0.05, 0) is 56.3 Å². The highest BCUT2D eigenvalue weighted by Crippen LogP contribution is 2.41. The molecule has 0 bridgehead atoms. The number of carbonyl (C=O) groups excluding carboxylic acids is 1. The number of pyridine rings is 1. The molecule has 0 N–H and O–H groups in total. The predicted molar refractivity (Wildman–Crippen MR) is 99.5 cm³/mol. The van der Waals surface area contributed by atoms with Crippen molar-refractivity contribution in [3.63, 3.8) is 0 Å². The van der Waals surface area contributed by atoms with Gasteiger partial charge in [-0.3, -0.25) is 19.4 Å². The molecule has 138 valence electrons. The molecule has 2 aromatic rings. The Bertz CT molecular complexity index is 739. The van der Waals surface area contributed by atoms with E-state index < -0.39 is 0 Å². The average molecular weight is 353 g/mol. The minimum Gasteiger partial charge on any atom is -0.339 e. The zero-order valence-corrected chi connectivity index (χ0v) is 15.5. The van der Waals surface area contributed by atoms with Gasteiger partial charge in [0.1, 0.15) is 0 Å². The summed E-state index contributed by atoms with van der Waals surface area (Å²) >= 11 is 0. The van der Waals surface area contributed by atoms with Gasteiger partial charge in [-0.1, -0.05) is 0 Å². The maximum absolute atomic E-state index is 12.6. The minimum atomic E-state index is 0.127. The van der Waals surface area contributed by atoms with E-state index in [9.17, 15) is 4.79 Å². The van der Waals surface area contributed by atoms with E-state index in [1.165, 1.54) is 18.4 Å². The molecule has 4 rings (SSSR count). The highest BCUT2D eigenvalue weighted by atomic mass is 16.2. The summed E-state index contributed by atoms with van der Waals surface area (Å²) < 4.78 is 1.87. The number of amides is 1. The van der Waals surface area contributed by atoms with Crippen molar-refractivity contribution in [2.45, 2.75) is 32.2 Å². The molecule has 26 heavy (non-hydrogen) atoms. The molecule has 2 fully saturated rings. The van der Waals surface area contributed by atoms with Gasteiger partial charge in [0.05, 0.1) is 11.8 Å². The van der Waals surface area contributed by atoms with Gasteiger partial charge >= 0.3 is 0 Å². The predicted octanol–water partition coefficient (Wildman–Crippen LogP) is 2.33. The number of likely N-dealkylation sites (tertiary alicyclic amines) is 2. The van der Waals surface area contributed by atoms with Crippen molar-refractivity contribution in [2.75, 3.05) is 26.2 Å². The second-order valence-corrected chi connectivity index (χ2v) is 7.83. The van der Waals surface area contributed by atoms with Crippen molar-refractivity contribution >= 4 is 5.91 Å². The van der Waals surface area contributed by atoms with Crippen molar-refractivity contribution in [1.29, 1.82) is 0 Å². The first-order valence-corrected chi connectivity index (χ1v) is 9.53. The molecule has 2 aromatic heterocycles. The summed E-state index contributed by atoms with van der Waals surface area (Å²) in [5.74, 6) is 0.127. The normalized spacial score (nSPS) is 20.4. The third-order valence-corrected chi connectivity index (χ3v) is 6.10. The smallest absolute Gasteiger partial charge is 0.255 e. The molecule has 0 aromatic carbocycles. The molecule has 0 atom stereocenters. The highest BCUT2D eigenvalue weighted by molar-refractivity contribution is 5.93. The van der Waals surface area contributed by atoms with E-state index in [4.69, 9.17) is 0 Å². The number of piperidine rings is 2. The third kappa shape index (κ3) is 3.65. The van der Waals surface area contributed by atoms with Gasteiger partial charge in [0, 0.05) is 50.8 Å². The van der Waals surface area contributed by atoms with Gasteiger partial charge in [-0.2, -0.15) is 5.10 Å². The Hall–Kier alpha value is -2.21. The Kier molecular flexibility index (Phi) is 4.76. The first-order chi connectivity index (χ1) is 12.6. The van der Waals surface area contributed by atoms with E-state index in [1.54, 1.807) is 12.4 Å². The largest absolute Gasteiger partial charge is 0.339 e. The zero-order chi connectivity index (χ0) is 18.0. The lowest BCUT2D eigenvalue weighted by atomic mass is 9.71. The molecule has 2 saturated heterocycles. The van der Waals surface area contributed by atoms with E-state index >= 15 is 0 Å². The second-order valence-electron chi connectivity index (χ2n) is 7.83. The molecular weight excluding hydrogens is 326 g/mol. The maximum Gasteiger partial charge on any atom is 0.255 e. The third-order valence-electron chi connectivity index (χ3n) is 6.10. The lowest BCUT2D eigenvalue weighted by Crippen LogP contribution is -2.48. The van der Waals surface area contributed by atoms with Crippen LogP contribution in [0.1, 0.15) is 41.6 Å². The molecule has 2 aliphatic heterocycles. The SMILES string of the molecule is Cn1cc(CN2CCC3(CC2)CCN(C(=O)c2cccnc2)CC3)cn1. The van der Waals surface area contributed by atoms with Crippen LogP contribution in [0.2, 0.25) is 0 Å². The van der Waals surface area contributed by atoms with Crippen molar-refractivity contribution < 1.29 is 4.79 Å². The van der Waals surface area contributed by atoms with Gasteiger partial charge in [-0.15, -0.1) is 0 Å². The molecule has 4 heterocycles. The number of aryl methyl sites for hydroxylation is 1. The first-order valence-electron chi connectivity index (χ1n) is 9.53. The quantitative estimate of drug-likeness (QED) is 0.850. The fourth-order valence-corrected chi connectivity index (χ4v) is 4.35. The molecule has 1 amide bonds. The van der Waals surface area contributed by atoms with Crippen molar-refractivity contribution in [3.05, 3.63) is 48.0 Å². The Morgan fingerprint density at radius 1 is 1.12 bits per heavy atom. The van der Waals surface area contributed by atoms with Gasteiger partial charge in [0.25, 0.3) is 5.91 Å². The van der Waals surface area contributed by atoms with E-state index in [0.29, 0.717) is 11.0 Å². The molecule has 0 unspecified atom stereocenters. The van der Waals surface area contributed by atoms with Crippen LogP contribution in [0.3, 0.4) is 0 Å². The van der Waals surface area contributed by atoms with Crippen molar-refractivity contribution in [1.82, 2.24) is 24.6 Å². The van der Waals surface area contributed by atoms with Crippen LogP contribution >= 0.6 is 0 Å². The molecule has 0 saturated carbocycles. The standard InChI is InChI=1S/C20H27N5O/c1-23-15-17(13-22-23)16-24-9-4-20(5-10-24)6-11-25(12-7-20)19(26)18-3-2-8-21-14-18/h2-3,8,13-15H,4-7,9-12,16H2,1H3. The monoisotopic (exact) mass is 353 g/mol. The fraction of sp³-hybridized carbons (Fsp3) is 0.550. The number of aromatic nitrogens is 3. The second kappa shape index (κ2) is 7.19. The summed E-state index contributed by atoms with van der Waals surface area (Å²) in [6.07, 6.45) is 12.2. The van der Waals surface area contributed by atoms with Gasteiger partial charge in [0.2, 0.25) is 0 Å². The summed E-state index contributed by atoms with van der Waals surface area (Å²) in [5.41, 5.74) is 2.42. The van der Waals surface area contributed by atoms with Crippen molar-refractivity contribution in [3.8, 4) is 0 Å². The number of hydrogen-bond acceptors (Lipinski definition) is 4. The molecule has 6 heteroatoms. The van der Waals surface area contributed by atoms with Crippen molar-refractivity contribution in [2.24, 2.45) is 12.5 Å². The lowest BCUT2D eigenvalue weighted by molar-refractivity contribution is 0.0285. The number of rotatable bonds is 3. The summed E-state index contributed by atoms with van der Waals surface area (Å²) in [6, 6.07) is 3.69. The van der Waals surface area contributed by atoms with Gasteiger partial charge < -0.3 is 4.90 Å². The number of nitrogens with zero attached hydrogens (tertiary/aromatic N) is 5. The van der Waals surface area contributed by atoms with E-state index in [1.807, 2.05) is 35.0 Å². The Balaban J connectivity index is 1.29. The molecule has 0 aliphatic carbocycles. The Labute approximate surface area is 154 Å². The molecule has 6 nitrogen and oxygen atoms in total. The number of hydrogen-bond donors (Lipinski definition) is 0. The minimum absolute atomic E-state index is 0.127. The van der Waals surface area contributed by atoms with E-state index in [-0.39, 0.29) is 5.91 Å². The molecule has 1 spiro atoms.